The third-order valence-corrected chi connectivity index (χ3v) is 3.43. The molecule has 0 radical (unpaired) electrons. The second-order valence-electron chi connectivity index (χ2n) is 4.86. The Labute approximate surface area is 116 Å². The van der Waals surface area contributed by atoms with Crippen LogP contribution in [0, 0.1) is 0 Å². The average Bonchev–Trinajstić information content (AvgIpc) is 2.45. The zero-order chi connectivity index (χ0) is 14.5. The fraction of sp³-hybridized carbons (Fsp3) is 0.500. The fourth-order valence-corrected chi connectivity index (χ4v) is 2.39. The second-order valence-corrected chi connectivity index (χ2v) is 4.86. The highest BCUT2D eigenvalue weighted by molar-refractivity contribution is 5.68. The Bertz CT molecular complexity index is 442. The number of amides is 1. The van der Waals surface area contributed by atoms with Gasteiger partial charge in [0.05, 0.1) is 0 Å². The van der Waals surface area contributed by atoms with Crippen molar-refractivity contribution in [2.75, 3.05) is 6.54 Å². The van der Waals surface area contributed by atoms with Gasteiger partial charge < -0.3 is 10.5 Å². The van der Waals surface area contributed by atoms with Gasteiger partial charge in [0.25, 0.3) is 6.43 Å². The van der Waals surface area contributed by atoms with Crippen molar-refractivity contribution in [3.63, 3.8) is 0 Å². The van der Waals surface area contributed by atoms with Crippen molar-refractivity contribution >= 4 is 6.09 Å². The van der Waals surface area contributed by atoms with Crippen LogP contribution < -0.4 is 5.73 Å². The first-order chi connectivity index (χ1) is 9.59. The van der Waals surface area contributed by atoms with Gasteiger partial charge in [0.2, 0.25) is 0 Å². The van der Waals surface area contributed by atoms with Crippen LogP contribution in [0.4, 0.5) is 13.6 Å². The van der Waals surface area contributed by atoms with Crippen molar-refractivity contribution < 1.29 is 18.3 Å². The molecule has 6 heteroatoms. The van der Waals surface area contributed by atoms with Gasteiger partial charge in [0.15, 0.2) is 0 Å². The standard InChI is InChI=1S/C14H18F2N2O2/c15-13(16)12-11(17)7-4-8-18(12)14(19)20-9-10-5-2-1-3-6-10/h1-3,5-6,11-13H,4,7-9,17H2/t11-,12+/m0/s1. The summed E-state index contributed by atoms with van der Waals surface area (Å²) >= 11 is 0. The molecule has 0 unspecified atom stereocenters. The van der Waals surface area contributed by atoms with E-state index in [0.29, 0.717) is 12.8 Å². The van der Waals surface area contributed by atoms with Crippen LogP contribution in [-0.2, 0) is 11.3 Å². The van der Waals surface area contributed by atoms with E-state index in [4.69, 9.17) is 10.5 Å². The number of carbonyl (C=O) groups is 1. The van der Waals surface area contributed by atoms with Crippen molar-refractivity contribution in [2.24, 2.45) is 5.73 Å². The molecule has 0 aromatic heterocycles. The Kier molecular flexibility index (Phi) is 4.89. The van der Waals surface area contributed by atoms with E-state index in [1.165, 1.54) is 0 Å². The maximum atomic E-state index is 13.0. The Hall–Kier alpha value is -1.69. The highest BCUT2D eigenvalue weighted by Crippen LogP contribution is 2.22. The number of ether oxygens (including phenoxy) is 1. The first kappa shape index (κ1) is 14.7. The van der Waals surface area contributed by atoms with Crippen LogP contribution in [0.1, 0.15) is 18.4 Å². The van der Waals surface area contributed by atoms with Crippen LogP contribution in [0.25, 0.3) is 0 Å². The zero-order valence-electron chi connectivity index (χ0n) is 11.0. The summed E-state index contributed by atoms with van der Waals surface area (Å²) in [4.78, 5) is 13.0. The molecule has 1 aromatic carbocycles. The summed E-state index contributed by atoms with van der Waals surface area (Å²) in [5.74, 6) is 0. The van der Waals surface area contributed by atoms with E-state index in [-0.39, 0.29) is 13.2 Å². The molecular weight excluding hydrogens is 266 g/mol. The molecule has 0 saturated carbocycles. The van der Waals surface area contributed by atoms with Crippen LogP contribution >= 0.6 is 0 Å². The van der Waals surface area contributed by atoms with Crippen molar-refractivity contribution in [3.8, 4) is 0 Å². The molecule has 20 heavy (non-hydrogen) atoms. The number of rotatable bonds is 3. The van der Waals surface area contributed by atoms with Gasteiger partial charge >= 0.3 is 6.09 Å². The lowest BCUT2D eigenvalue weighted by atomic mass is 9.98. The monoisotopic (exact) mass is 284 g/mol. The van der Waals surface area contributed by atoms with Gasteiger partial charge in [0, 0.05) is 12.6 Å². The van der Waals surface area contributed by atoms with Gasteiger partial charge in [-0.2, -0.15) is 0 Å². The Morgan fingerprint density at radius 3 is 2.75 bits per heavy atom. The molecule has 2 atom stereocenters. The number of carbonyl (C=O) groups excluding carboxylic acids is 1. The molecule has 2 N–H and O–H groups in total. The van der Waals surface area contributed by atoms with Gasteiger partial charge in [-0.15, -0.1) is 0 Å². The SMILES string of the molecule is N[C@H]1CCCN(C(=O)OCc2ccccc2)[C@H]1C(F)F. The number of hydrogen-bond donors (Lipinski definition) is 1. The van der Waals surface area contributed by atoms with E-state index in [1.54, 1.807) is 12.1 Å². The first-order valence-electron chi connectivity index (χ1n) is 6.60. The molecule has 110 valence electrons. The molecule has 0 spiro atoms. The summed E-state index contributed by atoms with van der Waals surface area (Å²) in [6, 6.07) is 7.14. The van der Waals surface area contributed by atoms with Crippen molar-refractivity contribution in [1.82, 2.24) is 4.90 Å². The largest absolute Gasteiger partial charge is 0.445 e. The van der Waals surface area contributed by atoms with Crippen molar-refractivity contribution in [3.05, 3.63) is 35.9 Å². The van der Waals surface area contributed by atoms with Crippen LogP contribution in [0.5, 0.6) is 0 Å². The number of benzene rings is 1. The van der Waals surface area contributed by atoms with Crippen molar-refractivity contribution in [2.45, 2.75) is 38.0 Å². The third kappa shape index (κ3) is 3.45. The number of likely N-dealkylation sites (tertiary alicyclic amines) is 1. The summed E-state index contributed by atoms with van der Waals surface area (Å²) in [7, 11) is 0. The Morgan fingerprint density at radius 2 is 2.10 bits per heavy atom. The summed E-state index contributed by atoms with van der Waals surface area (Å²) < 4.78 is 31.1. The lowest BCUT2D eigenvalue weighted by Gasteiger charge is -2.38. The predicted molar refractivity (Wildman–Crippen MR) is 70.3 cm³/mol. The predicted octanol–water partition coefficient (Wildman–Crippen LogP) is 2.38. The lowest BCUT2D eigenvalue weighted by Crippen LogP contribution is -2.57. The molecule has 1 aromatic rings. The lowest BCUT2D eigenvalue weighted by molar-refractivity contribution is -0.0102. The van der Waals surface area contributed by atoms with E-state index in [2.05, 4.69) is 0 Å². The van der Waals surface area contributed by atoms with Crippen LogP contribution in [0.2, 0.25) is 0 Å². The quantitative estimate of drug-likeness (QED) is 0.927. The summed E-state index contributed by atoms with van der Waals surface area (Å²) in [5, 5.41) is 0. The minimum atomic E-state index is -2.66. The van der Waals surface area contributed by atoms with Gasteiger partial charge in [-0.25, -0.2) is 13.6 Å². The maximum absolute atomic E-state index is 13.0. The molecule has 0 aliphatic carbocycles. The molecular formula is C14H18F2N2O2. The van der Waals surface area contributed by atoms with Gasteiger partial charge in [-0.1, -0.05) is 30.3 Å². The highest BCUT2D eigenvalue weighted by atomic mass is 19.3. The molecule has 2 rings (SSSR count). The van der Waals surface area contributed by atoms with Crippen LogP contribution in [-0.4, -0.2) is 36.0 Å². The second kappa shape index (κ2) is 6.65. The molecule has 1 heterocycles. The van der Waals surface area contributed by atoms with E-state index < -0.39 is 24.6 Å². The third-order valence-electron chi connectivity index (χ3n) is 3.43. The first-order valence-corrected chi connectivity index (χ1v) is 6.60. The van der Waals surface area contributed by atoms with Gasteiger partial charge in [-0.3, -0.25) is 4.90 Å². The summed E-state index contributed by atoms with van der Waals surface area (Å²) in [6.45, 7) is 0.331. The molecule has 1 saturated heterocycles. The number of nitrogens with two attached hydrogens (primary N) is 1. The normalized spacial score (nSPS) is 22.9. The summed E-state index contributed by atoms with van der Waals surface area (Å²) in [6.07, 6.45) is -2.27. The van der Waals surface area contributed by atoms with E-state index >= 15 is 0 Å². The van der Waals surface area contributed by atoms with Crippen LogP contribution in [0.15, 0.2) is 30.3 Å². The van der Waals surface area contributed by atoms with Gasteiger partial charge in [-0.05, 0) is 18.4 Å². The molecule has 0 bridgehead atoms. The topological polar surface area (TPSA) is 55.6 Å². The number of nitrogens with zero attached hydrogens (tertiary/aromatic N) is 1. The zero-order valence-corrected chi connectivity index (χ0v) is 11.0. The molecule has 1 aliphatic heterocycles. The molecule has 1 aliphatic rings. The summed E-state index contributed by atoms with van der Waals surface area (Å²) in [5.41, 5.74) is 6.50. The minimum Gasteiger partial charge on any atom is -0.445 e. The van der Waals surface area contributed by atoms with Gasteiger partial charge in [0.1, 0.15) is 12.6 Å². The highest BCUT2D eigenvalue weighted by Gasteiger charge is 2.39. The van der Waals surface area contributed by atoms with E-state index in [1.807, 2.05) is 18.2 Å². The number of halogens is 2. The minimum absolute atomic E-state index is 0.0708. The number of hydrogen-bond acceptors (Lipinski definition) is 3. The smallest absolute Gasteiger partial charge is 0.410 e. The number of piperidine rings is 1. The number of alkyl halides is 2. The Balaban J connectivity index is 1.96. The fourth-order valence-electron chi connectivity index (χ4n) is 2.39. The average molecular weight is 284 g/mol. The van der Waals surface area contributed by atoms with Crippen molar-refractivity contribution in [1.29, 1.82) is 0 Å². The van der Waals surface area contributed by atoms with E-state index in [9.17, 15) is 13.6 Å². The van der Waals surface area contributed by atoms with Crippen LogP contribution in [0.3, 0.4) is 0 Å². The maximum Gasteiger partial charge on any atom is 0.410 e. The molecule has 4 nitrogen and oxygen atoms in total. The van der Waals surface area contributed by atoms with E-state index in [0.717, 1.165) is 10.5 Å². The molecule has 1 fully saturated rings. The Morgan fingerprint density at radius 1 is 1.40 bits per heavy atom. The molecule has 1 amide bonds.